The summed E-state index contributed by atoms with van der Waals surface area (Å²) in [4.78, 5) is 11.1. The zero-order valence-electron chi connectivity index (χ0n) is 9.62. The molecule has 1 aromatic rings. The number of ether oxygens (including phenoxy) is 1. The Morgan fingerprint density at radius 2 is 1.94 bits per heavy atom. The lowest BCUT2D eigenvalue weighted by molar-refractivity contribution is -0.113. The van der Waals surface area contributed by atoms with E-state index in [-0.39, 0.29) is 5.24 Å². The van der Waals surface area contributed by atoms with Crippen molar-refractivity contribution in [1.29, 1.82) is 0 Å². The van der Waals surface area contributed by atoms with Gasteiger partial charge in [-0.2, -0.15) is 0 Å². The lowest BCUT2D eigenvalue weighted by Crippen LogP contribution is -2.23. The number of hydrogen-bond acceptors (Lipinski definition) is 3. The lowest BCUT2D eigenvalue weighted by atomic mass is 10.2. The number of benzene rings is 1. The van der Waals surface area contributed by atoms with Gasteiger partial charge < -0.3 is 4.74 Å². The average molecular weight is 259 g/mol. The largest absolute Gasteiger partial charge is 0.497 e. The molecule has 16 heavy (non-hydrogen) atoms. The van der Waals surface area contributed by atoms with Crippen molar-refractivity contribution in [2.24, 2.45) is 0 Å². The Hall–Kier alpha value is -0.670. The second-order valence-corrected chi connectivity index (χ2v) is 5.86. The van der Waals surface area contributed by atoms with Crippen LogP contribution in [-0.2, 0) is 10.5 Å². The molecule has 0 spiro atoms. The third-order valence-corrected chi connectivity index (χ3v) is 4.20. The van der Waals surface area contributed by atoms with Gasteiger partial charge in [0.25, 0.3) is 0 Å². The van der Waals surface area contributed by atoms with E-state index in [1.54, 1.807) is 7.11 Å². The predicted octanol–water partition coefficient (Wildman–Crippen LogP) is 3.47. The highest BCUT2D eigenvalue weighted by molar-refractivity contribution is 8.00. The summed E-state index contributed by atoms with van der Waals surface area (Å²) >= 11 is 7.03. The third kappa shape index (κ3) is 3.72. The molecule has 0 unspecified atom stereocenters. The number of methoxy groups -OCH3 is 1. The minimum atomic E-state index is -0.540. The highest BCUT2D eigenvalue weighted by atomic mass is 35.5. The summed E-state index contributed by atoms with van der Waals surface area (Å²) < 4.78 is 4.53. The van der Waals surface area contributed by atoms with E-state index in [0.29, 0.717) is 0 Å². The molecule has 0 heterocycles. The number of halogens is 1. The fourth-order valence-electron chi connectivity index (χ4n) is 1.04. The molecule has 0 fully saturated rings. The molecule has 0 saturated carbocycles. The maximum Gasteiger partial charge on any atom is 0.237 e. The minimum absolute atomic E-state index is 0.314. The van der Waals surface area contributed by atoms with Crippen LogP contribution in [0.2, 0.25) is 0 Å². The zero-order chi connectivity index (χ0) is 12.2. The van der Waals surface area contributed by atoms with Crippen LogP contribution in [0, 0.1) is 0 Å². The number of thioether (sulfide) groups is 1. The van der Waals surface area contributed by atoms with Crippen LogP contribution in [0.3, 0.4) is 0 Å². The van der Waals surface area contributed by atoms with Gasteiger partial charge in [-0.3, -0.25) is 4.79 Å². The van der Waals surface area contributed by atoms with E-state index in [1.807, 2.05) is 38.1 Å². The topological polar surface area (TPSA) is 26.3 Å². The van der Waals surface area contributed by atoms with Gasteiger partial charge in [-0.15, -0.1) is 11.8 Å². The van der Waals surface area contributed by atoms with Gasteiger partial charge in [-0.25, -0.2) is 0 Å². The fraction of sp³-hybridized carbons (Fsp3) is 0.417. The van der Waals surface area contributed by atoms with Crippen LogP contribution >= 0.6 is 23.4 Å². The Bertz CT molecular complexity index is 360. The summed E-state index contributed by atoms with van der Waals surface area (Å²) in [6.07, 6.45) is 0. The van der Waals surface area contributed by atoms with Gasteiger partial charge in [0.15, 0.2) is 0 Å². The van der Waals surface area contributed by atoms with E-state index >= 15 is 0 Å². The van der Waals surface area contributed by atoms with E-state index in [2.05, 4.69) is 0 Å². The Kier molecular flexibility index (Phi) is 4.69. The van der Waals surface area contributed by atoms with Gasteiger partial charge in [0.05, 0.1) is 11.9 Å². The first kappa shape index (κ1) is 13.4. The van der Waals surface area contributed by atoms with Crippen molar-refractivity contribution in [3.05, 3.63) is 29.8 Å². The monoisotopic (exact) mass is 258 g/mol. The molecule has 0 aliphatic carbocycles. The molecule has 1 rings (SSSR count). The maximum absolute atomic E-state index is 11.1. The van der Waals surface area contributed by atoms with Crippen LogP contribution in [0.4, 0.5) is 0 Å². The lowest BCUT2D eigenvalue weighted by Gasteiger charge is -2.18. The fourth-order valence-corrected chi connectivity index (χ4v) is 2.04. The highest BCUT2D eigenvalue weighted by Gasteiger charge is 2.25. The van der Waals surface area contributed by atoms with Gasteiger partial charge in [0.1, 0.15) is 5.75 Å². The van der Waals surface area contributed by atoms with Gasteiger partial charge in [-0.05, 0) is 43.1 Å². The molecule has 0 atom stereocenters. The van der Waals surface area contributed by atoms with Crippen LogP contribution in [-0.4, -0.2) is 17.1 Å². The summed E-state index contributed by atoms with van der Waals surface area (Å²) in [5.74, 6) is 1.59. The third-order valence-electron chi connectivity index (χ3n) is 2.23. The molecule has 0 amide bonds. The van der Waals surface area contributed by atoms with Crippen molar-refractivity contribution >= 4 is 28.6 Å². The maximum atomic E-state index is 11.1. The van der Waals surface area contributed by atoms with Gasteiger partial charge in [0.2, 0.25) is 5.24 Å². The van der Waals surface area contributed by atoms with Crippen molar-refractivity contribution in [3.8, 4) is 5.75 Å². The first-order valence-corrected chi connectivity index (χ1v) is 6.29. The van der Waals surface area contributed by atoms with Crippen molar-refractivity contribution in [2.45, 2.75) is 24.3 Å². The molecule has 1 aromatic carbocycles. The summed E-state index contributed by atoms with van der Waals surface area (Å²) in [6.45, 7) is 3.66. The van der Waals surface area contributed by atoms with Crippen LogP contribution in [0.25, 0.3) is 0 Å². The number of rotatable bonds is 5. The molecule has 0 radical (unpaired) electrons. The molecule has 0 aromatic heterocycles. The molecule has 0 saturated heterocycles. The van der Waals surface area contributed by atoms with Crippen molar-refractivity contribution in [2.75, 3.05) is 7.11 Å². The molecule has 0 aliphatic rings. The first-order valence-electron chi connectivity index (χ1n) is 4.92. The molecule has 0 bridgehead atoms. The molecular formula is C12H15ClO2S. The minimum Gasteiger partial charge on any atom is -0.497 e. The molecule has 4 heteroatoms. The van der Waals surface area contributed by atoms with Crippen LogP contribution in [0.5, 0.6) is 5.75 Å². The van der Waals surface area contributed by atoms with E-state index in [9.17, 15) is 4.79 Å². The van der Waals surface area contributed by atoms with Crippen LogP contribution < -0.4 is 4.74 Å². The predicted molar refractivity (Wildman–Crippen MR) is 69.2 cm³/mol. The normalized spacial score (nSPS) is 11.2. The van der Waals surface area contributed by atoms with E-state index < -0.39 is 4.75 Å². The average Bonchev–Trinajstić information content (AvgIpc) is 2.27. The summed E-state index contributed by atoms with van der Waals surface area (Å²) in [6, 6.07) is 7.79. The van der Waals surface area contributed by atoms with Crippen LogP contribution in [0.1, 0.15) is 19.4 Å². The van der Waals surface area contributed by atoms with Gasteiger partial charge >= 0.3 is 0 Å². The first-order chi connectivity index (χ1) is 7.45. The molecule has 0 N–H and O–H groups in total. The zero-order valence-corrected chi connectivity index (χ0v) is 11.2. The van der Waals surface area contributed by atoms with E-state index in [0.717, 1.165) is 17.1 Å². The SMILES string of the molecule is COc1ccc(CSC(C)(C)C(=O)Cl)cc1. The quantitative estimate of drug-likeness (QED) is 0.757. The van der Waals surface area contributed by atoms with Gasteiger partial charge in [0, 0.05) is 5.75 Å². The second kappa shape index (κ2) is 5.60. The Labute approximate surface area is 105 Å². The van der Waals surface area contributed by atoms with E-state index in [4.69, 9.17) is 16.3 Å². The molecule has 0 aliphatic heterocycles. The van der Waals surface area contributed by atoms with Crippen molar-refractivity contribution < 1.29 is 9.53 Å². The van der Waals surface area contributed by atoms with Crippen molar-refractivity contribution in [1.82, 2.24) is 0 Å². The second-order valence-electron chi connectivity index (χ2n) is 3.92. The summed E-state index contributed by atoms with van der Waals surface area (Å²) in [7, 11) is 1.64. The molecule has 88 valence electrons. The molecule has 2 nitrogen and oxygen atoms in total. The summed E-state index contributed by atoms with van der Waals surface area (Å²) in [5, 5.41) is -0.314. The number of carbonyl (C=O) groups excluding carboxylic acids is 1. The smallest absolute Gasteiger partial charge is 0.237 e. The highest BCUT2D eigenvalue weighted by Crippen LogP contribution is 2.30. The van der Waals surface area contributed by atoms with Gasteiger partial charge in [-0.1, -0.05) is 12.1 Å². The summed E-state index contributed by atoms with van der Waals surface area (Å²) in [5.41, 5.74) is 1.15. The van der Waals surface area contributed by atoms with Crippen LogP contribution in [0.15, 0.2) is 24.3 Å². The number of carbonyl (C=O) groups is 1. The van der Waals surface area contributed by atoms with E-state index in [1.165, 1.54) is 11.8 Å². The Morgan fingerprint density at radius 3 is 2.38 bits per heavy atom. The van der Waals surface area contributed by atoms with Crippen molar-refractivity contribution in [3.63, 3.8) is 0 Å². The standard InChI is InChI=1S/C12H15ClO2S/c1-12(2,11(13)14)16-8-9-4-6-10(15-3)7-5-9/h4-7H,8H2,1-3H3. The number of hydrogen-bond donors (Lipinski definition) is 0. The molecular weight excluding hydrogens is 244 g/mol. The Balaban J connectivity index is 2.58. The Morgan fingerprint density at radius 1 is 1.38 bits per heavy atom.